The maximum absolute atomic E-state index is 13.4. The van der Waals surface area contributed by atoms with Crippen molar-refractivity contribution in [3.8, 4) is 23.0 Å². The summed E-state index contributed by atoms with van der Waals surface area (Å²) in [5.41, 5.74) is 4.65. The summed E-state index contributed by atoms with van der Waals surface area (Å²) in [6.07, 6.45) is 6.00. The Morgan fingerprint density at radius 3 is 2.62 bits per heavy atom. The molecule has 0 radical (unpaired) electrons. The summed E-state index contributed by atoms with van der Waals surface area (Å²) in [7, 11) is 1.86. The van der Waals surface area contributed by atoms with E-state index < -0.39 is 0 Å². The third kappa shape index (κ3) is 3.49. The van der Waals surface area contributed by atoms with Crippen LogP contribution >= 0.6 is 0 Å². The number of rotatable bonds is 5. The maximum atomic E-state index is 13.4. The van der Waals surface area contributed by atoms with Crippen molar-refractivity contribution < 1.29 is 9.50 Å². The second kappa shape index (κ2) is 8.07. The first-order chi connectivity index (χ1) is 15.5. The molecule has 0 saturated carbocycles. The molecule has 164 valence electrons. The number of anilines is 2. The molecule has 0 aliphatic heterocycles. The molecule has 0 fully saturated rings. The Morgan fingerprint density at radius 1 is 1.09 bits per heavy atom. The van der Waals surface area contributed by atoms with E-state index in [1.165, 1.54) is 23.1 Å². The lowest BCUT2D eigenvalue weighted by atomic mass is 9.98. The number of halogens is 1. The Labute approximate surface area is 184 Å². The second-order valence-electron chi connectivity index (χ2n) is 7.91. The highest BCUT2D eigenvalue weighted by Crippen LogP contribution is 2.32. The van der Waals surface area contributed by atoms with Gasteiger partial charge in [-0.2, -0.15) is 14.9 Å². The van der Waals surface area contributed by atoms with Gasteiger partial charge in [0.05, 0.1) is 11.4 Å². The van der Waals surface area contributed by atoms with E-state index in [2.05, 4.69) is 25.5 Å². The fourth-order valence-electron chi connectivity index (χ4n) is 4.32. The predicted molar refractivity (Wildman–Crippen MR) is 119 cm³/mol. The molecule has 3 aromatic heterocycles. The monoisotopic (exact) mass is 433 g/mol. The number of hydrogen-bond acceptors (Lipinski definition) is 6. The van der Waals surface area contributed by atoms with E-state index in [1.807, 2.05) is 14.0 Å². The molecule has 0 amide bonds. The molecule has 8 nitrogen and oxygen atoms in total. The summed E-state index contributed by atoms with van der Waals surface area (Å²) in [5.74, 6) is 1.57. The van der Waals surface area contributed by atoms with Gasteiger partial charge in [0.15, 0.2) is 11.6 Å². The van der Waals surface area contributed by atoms with Crippen LogP contribution < -0.4 is 5.32 Å². The molecule has 0 saturated heterocycles. The maximum Gasteiger partial charge on any atom is 0.219 e. The topological polar surface area (TPSA) is 93.7 Å². The molecule has 1 aliphatic rings. The van der Waals surface area contributed by atoms with Crippen molar-refractivity contribution >= 4 is 11.6 Å². The quantitative estimate of drug-likeness (QED) is 0.492. The zero-order chi connectivity index (χ0) is 22.2. The summed E-state index contributed by atoms with van der Waals surface area (Å²) in [5, 5.41) is 23.1. The van der Waals surface area contributed by atoms with E-state index in [4.69, 9.17) is 0 Å². The molecular weight excluding hydrogens is 409 g/mol. The van der Waals surface area contributed by atoms with Crippen LogP contribution in [-0.4, -0.2) is 34.6 Å². The fraction of sp³-hybridized carbons (Fsp3) is 0.304. The van der Waals surface area contributed by atoms with Gasteiger partial charge in [-0.3, -0.25) is 4.68 Å². The first-order valence-electron chi connectivity index (χ1n) is 10.8. The lowest BCUT2D eigenvalue weighted by molar-refractivity contribution is 0.425. The van der Waals surface area contributed by atoms with Crippen molar-refractivity contribution in [1.82, 2.24) is 29.5 Å². The minimum absolute atomic E-state index is 0.148. The van der Waals surface area contributed by atoms with Crippen molar-refractivity contribution in [2.75, 3.05) is 5.32 Å². The number of fused-ring (bicyclic) bond motifs is 1. The second-order valence-corrected chi connectivity index (χ2v) is 7.91. The van der Waals surface area contributed by atoms with Crippen molar-refractivity contribution in [3.05, 3.63) is 59.3 Å². The van der Waals surface area contributed by atoms with Crippen molar-refractivity contribution in [2.24, 2.45) is 7.05 Å². The van der Waals surface area contributed by atoms with Gasteiger partial charge in [0.25, 0.3) is 0 Å². The van der Waals surface area contributed by atoms with Crippen LogP contribution in [0, 0.1) is 5.82 Å². The van der Waals surface area contributed by atoms with E-state index in [-0.39, 0.29) is 11.7 Å². The average molecular weight is 433 g/mol. The molecule has 0 atom stereocenters. The van der Waals surface area contributed by atoms with E-state index in [0.29, 0.717) is 17.5 Å². The largest absolute Gasteiger partial charge is 0.493 e. The van der Waals surface area contributed by atoms with Gasteiger partial charge in [-0.25, -0.2) is 14.4 Å². The third-order valence-corrected chi connectivity index (χ3v) is 5.86. The fourth-order valence-corrected chi connectivity index (χ4v) is 4.32. The van der Waals surface area contributed by atoms with Crippen molar-refractivity contribution in [3.63, 3.8) is 0 Å². The first-order valence-corrected chi connectivity index (χ1v) is 10.8. The van der Waals surface area contributed by atoms with Gasteiger partial charge in [0.1, 0.15) is 18.0 Å². The Hall–Kier alpha value is -3.75. The molecule has 0 bridgehead atoms. The highest BCUT2D eigenvalue weighted by atomic mass is 19.1. The van der Waals surface area contributed by atoms with Gasteiger partial charge >= 0.3 is 0 Å². The lowest BCUT2D eigenvalue weighted by Gasteiger charge is -2.08. The zero-order valence-corrected chi connectivity index (χ0v) is 18.0. The zero-order valence-electron chi connectivity index (χ0n) is 18.0. The Balaban J connectivity index is 1.49. The van der Waals surface area contributed by atoms with Crippen LogP contribution in [-0.2, 0) is 26.3 Å². The van der Waals surface area contributed by atoms with Gasteiger partial charge in [0, 0.05) is 29.8 Å². The smallest absolute Gasteiger partial charge is 0.219 e. The summed E-state index contributed by atoms with van der Waals surface area (Å²) < 4.78 is 16.6. The summed E-state index contributed by atoms with van der Waals surface area (Å²) >= 11 is 0. The summed E-state index contributed by atoms with van der Waals surface area (Å²) in [6, 6.07) is 8.13. The van der Waals surface area contributed by atoms with Crippen LogP contribution in [0.15, 0.2) is 36.7 Å². The third-order valence-electron chi connectivity index (χ3n) is 5.86. The molecule has 1 aromatic carbocycles. The van der Waals surface area contributed by atoms with E-state index in [1.54, 1.807) is 22.9 Å². The van der Waals surface area contributed by atoms with Gasteiger partial charge in [-0.05, 0) is 56.4 Å². The normalized spacial score (nSPS) is 13.2. The Kier molecular flexibility index (Phi) is 5.08. The molecule has 5 rings (SSSR count). The number of hydrogen-bond donors (Lipinski definition) is 2. The van der Waals surface area contributed by atoms with Crippen LogP contribution in [0.3, 0.4) is 0 Å². The van der Waals surface area contributed by atoms with Crippen LogP contribution in [0.4, 0.5) is 16.0 Å². The number of nitrogens with zero attached hydrogens (tertiary/aromatic N) is 6. The van der Waals surface area contributed by atoms with Crippen molar-refractivity contribution in [1.29, 1.82) is 0 Å². The Bertz CT molecular complexity index is 1280. The first kappa shape index (κ1) is 20.2. The summed E-state index contributed by atoms with van der Waals surface area (Å²) in [4.78, 5) is 8.63. The van der Waals surface area contributed by atoms with Crippen molar-refractivity contribution in [2.45, 2.75) is 39.0 Å². The van der Waals surface area contributed by atoms with E-state index >= 15 is 0 Å². The highest BCUT2D eigenvalue weighted by Gasteiger charge is 2.22. The Morgan fingerprint density at radius 2 is 1.88 bits per heavy atom. The van der Waals surface area contributed by atoms with Gasteiger partial charge in [-0.15, -0.1) is 0 Å². The molecule has 2 N–H and O–H groups in total. The number of nitrogens with one attached hydrogen (secondary N) is 1. The van der Waals surface area contributed by atoms with Crippen LogP contribution in [0.5, 0.6) is 5.88 Å². The number of benzene rings is 1. The minimum Gasteiger partial charge on any atom is -0.493 e. The molecule has 0 spiro atoms. The number of aromatic hydroxyl groups is 1. The molecular formula is C23H24FN7O. The van der Waals surface area contributed by atoms with E-state index in [0.717, 1.165) is 60.2 Å². The molecule has 9 heteroatoms. The molecule has 0 unspecified atom stereocenters. The van der Waals surface area contributed by atoms with Gasteiger partial charge in [0.2, 0.25) is 5.88 Å². The standard InChI is InChI=1S/C23H24FN7O/c1-3-16-21(14-8-10-15(24)11-9-14)30(2)29-22(16)27-19-12-20(26-13-25-19)31-23(32)17-6-4-5-7-18(17)28-31/h8-13,32H,3-7H2,1-2H3,(H,25,26,27,29). The lowest BCUT2D eigenvalue weighted by Crippen LogP contribution is -2.04. The SMILES string of the molecule is CCc1c(Nc2cc(-n3nc4c(c3O)CCCC4)ncn2)nn(C)c1-c1ccc(F)cc1. The minimum atomic E-state index is -0.274. The average Bonchev–Trinajstić information content (AvgIpc) is 3.31. The predicted octanol–water partition coefficient (Wildman–Crippen LogP) is 4.09. The number of aromatic nitrogens is 6. The number of aryl methyl sites for hydroxylation is 2. The van der Waals surface area contributed by atoms with Crippen LogP contribution in [0.2, 0.25) is 0 Å². The molecule has 32 heavy (non-hydrogen) atoms. The van der Waals surface area contributed by atoms with E-state index in [9.17, 15) is 9.50 Å². The summed E-state index contributed by atoms with van der Waals surface area (Å²) in [6.45, 7) is 2.05. The molecule has 4 aromatic rings. The van der Waals surface area contributed by atoms with Crippen LogP contribution in [0.1, 0.15) is 36.6 Å². The highest BCUT2D eigenvalue weighted by molar-refractivity contribution is 5.72. The van der Waals surface area contributed by atoms with Crippen LogP contribution in [0.25, 0.3) is 17.1 Å². The van der Waals surface area contributed by atoms with Gasteiger partial charge < -0.3 is 10.4 Å². The molecule has 1 aliphatic carbocycles. The molecule has 3 heterocycles. The van der Waals surface area contributed by atoms with Gasteiger partial charge in [-0.1, -0.05) is 6.92 Å².